The van der Waals surface area contributed by atoms with Gasteiger partial charge in [-0.05, 0) is 106 Å². The monoisotopic (exact) mass is 1190 g/mol. The Morgan fingerprint density at radius 3 is 1.93 bits per heavy atom. The summed E-state index contributed by atoms with van der Waals surface area (Å²) < 4.78 is 73.4. The SMILES string of the molecule is CO[C@]1(CC[C@@H](C)CO[C@@H]2O[C@H](CO)[C@H](O)[C@H](O)[C@H]2O)O[C@@H]2C[C@H]3[C@H](CC[C@H]4[C@H]3CC=C3C[C@@H](O[C@@H]5O[C@H](CO)[C@@H](O[C@@H]6O[C@H](C)[C@@H](O[C@H]7O[C@@H](C)[C@H](O)[C@H](O)[C@@H]7O)[C@H](O)[C@H]6O)[C@H](O)[C@H]5O[C@@H]5O[C@@H](O)[C@@H](O)[C@H](O)[C@H]5C)CC[C@@]34C)[C@H]2[C@@H]1C. The molecule has 6 heterocycles. The Hall–Kier alpha value is -1.30. The zero-order chi connectivity index (χ0) is 59.9. The van der Waals surface area contributed by atoms with Crippen molar-refractivity contribution >= 4 is 0 Å². The molecule has 26 heteroatoms. The summed E-state index contributed by atoms with van der Waals surface area (Å²) in [7, 11) is 1.71. The number of fused-ring (bicyclic) bond motifs is 7. The summed E-state index contributed by atoms with van der Waals surface area (Å²) in [5.41, 5.74) is 1.14. The van der Waals surface area contributed by atoms with Crippen molar-refractivity contribution in [2.75, 3.05) is 26.9 Å². The molecule has 9 fully saturated rings. The van der Waals surface area contributed by atoms with Gasteiger partial charge in [-0.2, -0.15) is 0 Å². The van der Waals surface area contributed by atoms with E-state index in [9.17, 15) is 71.5 Å². The summed E-state index contributed by atoms with van der Waals surface area (Å²) in [6.45, 7) is 10.0. The minimum Gasteiger partial charge on any atom is -0.394 e. The van der Waals surface area contributed by atoms with Gasteiger partial charge < -0.3 is 128 Å². The first-order valence-electron chi connectivity index (χ1n) is 30.2. The van der Waals surface area contributed by atoms with Crippen LogP contribution in [0.25, 0.3) is 0 Å². The minimum absolute atomic E-state index is 0.00228. The van der Waals surface area contributed by atoms with Gasteiger partial charge in [-0.1, -0.05) is 39.3 Å². The third-order valence-corrected chi connectivity index (χ3v) is 21.3. The molecular weight excluding hydrogens is 1100 g/mol. The van der Waals surface area contributed by atoms with Crippen molar-refractivity contribution in [2.24, 2.45) is 52.8 Å². The van der Waals surface area contributed by atoms with Gasteiger partial charge in [0.2, 0.25) is 0 Å². The average Bonchev–Trinajstić information content (AvgIpc) is 1.76. The summed E-state index contributed by atoms with van der Waals surface area (Å²) >= 11 is 0. The van der Waals surface area contributed by atoms with Crippen LogP contribution in [0, 0.1) is 52.8 Å². The third-order valence-electron chi connectivity index (χ3n) is 21.3. The predicted octanol–water partition coefficient (Wildman–Crippen LogP) is -2.66. The minimum atomic E-state index is -1.87. The van der Waals surface area contributed by atoms with Crippen LogP contribution in [0.2, 0.25) is 0 Å². The Balaban J connectivity index is 0.782. The number of allylic oxidation sites excluding steroid dienone is 1. The Labute approximate surface area is 483 Å². The lowest BCUT2D eigenvalue weighted by Gasteiger charge is -2.56. The van der Waals surface area contributed by atoms with E-state index in [-0.39, 0.29) is 30.0 Å². The number of aliphatic hydroxyl groups is 14. The van der Waals surface area contributed by atoms with Crippen LogP contribution in [0.15, 0.2) is 11.6 Å². The maximum Gasteiger partial charge on any atom is 0.187 e. The number of ether oxygens (including phenoxy) is 12. The van der Waals surface area contributed by atoms with E-state index in [2.05, 4.69) is 19.9 Å². The predicted molar refractivity (Wildman–Crippen MR) is 280 cm³/mol. The van der Waals surface area contributed by atoms with Crippen molar-refractivity contribution in [1.82, 2.24) is 0 Å². The number of rotatable bonds is 17. The van der Waals surface area contributed by atoms with Crippen LogP contribution in [-0.4, -0.2) is 264 Å². The van der Waals surface area contributed by atoms with Gasteiger partial charge in [-0.3, -0.25) is 0 Å². The van der Waals surface area contributed by atoms with E-state index in [1.165, 1.54) is 26.3 Å². The first kappa shape index (κ1) is 64.7. The topological polar surface area (TPSA) is 394 Å². The van der Waals surface area contributed by atoms with E-state index in [4.69, 9.17) is 56.8 Å². The highest BCUT2D eigenvalue weighted by molar-refractivity contribution is 5.25. The molecule has 26 nitrogen and oxygen atoms in total. The normalized spacial score (nSPS) is 55.0. The van der Waals surface area contributed by atoms with E-state index in [0.717, 1.165) is 32.1 Å². The molecule has 478 valence electrons. The molecule has 6 aliphatic heterocycles. The molecule has 0 aromatic rings. The lowest BCUT2D eigenvalue weighted by Crippen LogP contribution is -2.67. The van der Waals surface area contributed by atoms with E-state index < -0.39 is 179 Å². The summed E-state index contributed by atoms with van der Waals surface area (Å²) in [5.74, 6) is 0.454. The fourth-order valence-corrected chi connectivity index (χ4v) is 16.2. The van der Waals surface area contributed by atoms with Crippen LogP contribution in [0.1, 0.15) is 99.3 Å². The molecule has 6 saturated heterocycles. The summed E-state index contributed by atoms with van der Waals surface area (Å²) in [6.07, 6.45) is -26.6. The van der Waals surface area contributed by atoms with Crippen LogP contribution in [0.4, 0.5) is 0 Å². The largest absolute Gasteiger partial charge is 0.394 e. The average molecular weight is 1200 g/mol. The van der Waals surface area contributed by atoms with Crippen molar-refractivity contribution < 1.29 is 128 Å². The highest BCUT2D eigenvalue weighted by Gasteiger charge is 2.65. The molecule has 3 saturated carbocycles. The molecule has 0 bridgehead atoms. The molecule has 4 aliphatic carbocycles. The number of hydrogen-bond acceptors (Lipinski definition) is 26. The zero-order valence-corrected chi connectivity index (χ0v) is 48.4. The quantitative estimate of drug-likeness (QED) is 0.0661. The second-order valence-electron chi connectivity index (χ2n) is 26.1. The fraction of sp³-hybridized carbons (Fsp3) is 0.965. The van der Waals surface area contributed by atoms with Gasteiger partial charge in [0.05, 0.1) is 50.3 Å². The number of hydrogen-bond donors (Lipinski definition) is 14. The molecule has 0 spiro atoms. The van der Waals surface area contributed by atoms with E-state index in [1.54, 1.807) is 7.11 Å². The van der Waals surface area contributed by atoms with Crippen LogP contribution < -0.4 is 0 Å². The molecule has 83 heavy (non-hydrogen) atoms. The van der Waals surface area contributed by atoms with Crippen LogP contribution in [0.3, 0.4) is 0 Å². The van der Waals surface area contributed by atoms with Gasteiger partial charge in [0.15, 0.2) is 43.5 Å². The van der Waals surface area contributed by atoms with Gasteiger partial charge in [-0.25, -0.2) is 0 Å². The first-order valence-corrected chi connectivity index (χ1v) is 30.2. The lowest BCUT2D eigenvalue weighted by atomic mass is 9.50. The molecule has 10 rings (SSSR count). The van der Waals surface area contributed by atoms with E-state index >= 15 is 0 Å². The Morgan fingerprint density at radius 1 is 0.590 bits per heavy atom. The molecule has 0 amide bonds. The lowest BCUT2D eigenvalue weighted by molar-refractivity contribution is -0.399. The fourth-order valence-electron chi connectivity index (χ4n) is 16.2. The summed E-state index contributed by atoms with van der Waals surface area (Å²) in [4.78, 5) is 0. The van der Waals surface area contributed by atoms with Gasteiger partial charge >= 0.3 is 0 Å². The first-order chi connectivity index (χ1) is 39.4. The van der Waals surface area contributed by atoms with Crippen molar-refractivity contribution in [1.29, 1.82) is 0 Å². The van der Waals surface area contributed by atoms with Crippen molar-refractivity contribution in [3.05, 3.63) is 11.6 Å². The zero-order valence-electron chi connectivity index (χ0n) is 48.4. The number of methoxy groups -OCH3 is 1. The van der Waals surface area contributed by atoms with Gasteiger partial charge in [0, 0.05) is 25.4 Å². The van der Waals surface area contributed by atoms with Crippen LogP contribution in [-0.2, 0) is 56.8 Å². The molecular formula is C57H94O26. The second-order valence-corrected chi connectivity index (χ2v) is 26.1. The standard InChI is InChI=1S/C57H94O26/c1-21(20-73-52-43(67)40(64)38(62)33(18-58)77-52)12-15-57(72-7)23(3)35-29-10-11-31-28(30(29)17-32(35)83-57)9-8-26-16-27(13-14-56(26,31)6)76-55-49(81-51-22(2)36(60)42(66)50(71)82-51)46(70)48(34(19-59)78-55)80-54-45(69)41(65)47(25(5)75-54)79-53-44(68)39(63)37(61)24(4)74-53/h8,21-25,27-55,58-71H,9-20H2,1-7H3/t21-,22-,23+,24+,25-,27+,28+,29+,30-,31+,32-,33-,34-,35-,36-,37+,38+,39+,40+,41-,42+,43-,44+,45-,46+,47-,48-,49-,50-,51-,52-,53-,54+,55-,56+,57-/m1/s1. The maximum atomic E-state index is 12.3. The maximum absolute atomic E-state index is 12.3. The van der Waals surface area contributed by atoms with Gasteiger partial charge in [0.1, 0.15) is 91.6 Å². The third kappa shape index (κ3) is 12.0. The molecule has 0 aromatic carbocycles. The van der Waals surface area contributed by atoms with Crippen LogP contribution in [0.5, 0.6) is 0 Å². The molecule has 36 atom stereocenters. The highest BCUT2D eigenvalue weighted by Crippen LogP contribution is 2.66. The molecule has 0 unspecified atom stereocenters. The van der Waals surface area contributed by atoms with E-state index in [0.29, 0.717) is 55.3 Å². The second kappa shape index (κ2) is 25.9. The molecule has 0 aromatic heterocycles. The van der Waals surface area contributed by atoms with Gasteiger partial charge in [0.25, 0.3) is 0 Å². The molecule has 0 radical (unpaired) electrons. The Kier molecular flexibility index (Phi) is 20.2. The van der Waals surface area contributed by atoms with Crippen LogP contribution >= 0.6 is 0 Å². The summed E-state index contributed by atoms with van der Waals surface area (Å²) in [5, 5.41) is 149. The highest BCUT2D eigenvalue weighted by atomic mass is 16.8. The Bertz CT molecular complexity index is 2170. The molecule has 10 aliphatic rings. The number of aliphatic hydroxyl groups excluding tert-OH is 14. The van der Waals surface area contributed by atoms with Crippen molar-refractivity contribution in [2.45, 2.75) is 265 Å². The smallest absolute Gasteiger partial charge is 0.187 e. The van der Waals surface area contributed by atoms with Crippen molar-refractivity contribution in [3.63, 3.8) is 0 Å². The molecule has 14 N–H and O–H groups in total. The van der Waals surface area contributed by atoms with E-state index in [1.807, 2.05) is 6.92 Å². The summed E-state index contributed by atoms with van der Waals surface area (Å²) in [6, 6.07) is 0. The Morgan fingerprint density at radius 2 is 1.23 bits per heavy atom. The van der Waals surface area contributed by atoms with Gasteiger partial charge in [-0.15, -0.1) is 0 Å². The van der Waals surface area contributed by atoms with Crippen molar-refractivity contribution in [3.8, 4) is 0 Å².